The molecule has 0 amide bonds. The molecule has 0 unspecified atom stereocenters. The van der Waals surface area contributed by atoms with Crippen molar-refractivity contribution in [3.8, 4) is 5.75 Å². The second kappa shape index (κ2) is 8.47. The van der Waals surface area contributed by atoms with Crippen molar-refractivity contribution in [3.05, 3.63) is 54.1 Å². The second-order valence-corrected chi connectivity index (χ2v) is 8.13. The van der Waals surface area contributed by atoms with Crippen molar-refractivity contribution in [3.63, 3.8) is 0 Å². The number of nitrogens with zero attached hydrogens (tertiary/aromatic N) is 2. The third-order valence-corrected chi connectivity index (χ3v) is 6.27. The molecule has 0 saturated carbocycles. The molecule has 1 saturated heterocycles. The van der Waals surface area contributed by atoms with Gasteiger partial charge in [-0.05, 0) is 56.2 Å². The van der Waals surface area contributed by atoms with E-state index in [9.17, 15) is 8.42 Å². The number of hydrogen-bond donors (Lipinski definition) is 0. The summed E-state index contributed by atoms with van der Waals surface area (Å²) in [6.45, 7) is 3.75. The first-order valence-corrected chi connectivity index (χ1v) is 10.4. The Labute approximate surface area is 155 Å². The SMILES string of the molecule is CCOc1ccccc1C=Nc1ccc(S(=O)(=O)N2CCCCC2)cc1. The van der Waals surface area contributed by atoms with E-state index in [1.54, 1.807) is 34.8 Å². The van der Waals surface area contributed by atoms with Gasteiger partial charge in [0.05, 0.1) is 17.2 Å². The van der Waals surface area contributed by atoms with Crippen LogP contribution in [0.25, 0.3) is 0 Å². The third-order valence-electron chi connectivity index (χ3n) is 4.36. The summed E-state index contributed by atoms with van der Waals surface area (Å²) < 4.78 is 32.5. The number of piperidine rings is 1. The van der Waals surface area contributed by atoms with Gasteiger partial charge < -0.3 is 4.74 Å². The zero-order valence-electron chi connectivity index (χ0n) is 15.0. The lowest BCUT2D eigenvalue weighted by atomic mass is 10.2. The molecule has 2 aromatic rings. The van der Waals surface area contributed by atoms with Crippen LogP contribution in [0.5, 0.6) is 5.75 Å². The summed E-state index contributed by atoms with van der Waals surface area (Å²) in [5, 5.41) is 0. The molecule has 6 heteroatoms. The van der Waals surface area contributed by atoms with Crippen LogP contribution in [0.2, 0.25) is 0 Å². The zero-order chi connectivity index (χ0) is 18.4. The van der Waals surface area contributed by atoms with Gasteiger partial charge in [0.2, 0.25) is 10.0 Å². The summed E-state index contributed by atoms with van der Waals surface area (Å²) in [5.74, 6) is 0.781. The predicted octanol–water partition coefficient (Wildman–Crippen LogP) is 4.01. The van der Waals surface area contributed by atoms with E-state index in [4.69, 9.17) is 4.74 Å². The van der Waals surface area contributed by atoms with Crippen LogP contribution in [0, 0.1) is 0 Å². The topological polar surface area (TPSA) is 59.0 Å². The molecule has 0 N–H and O–H groups in total. The van der Waals surface area contributed by atoms with Gasteiger partial charge >= 0.3 is 0 Å². The van der Waals surface area contributed by atoms with E-state index < -0.39 is 10.0 Å². The van der Waals surface area contributed by atoms with Gasteiger partial charge in [0.1, 0.15) is 5.75 Å². The summed E-state index contributed by atoms with van der Waals surface area (Å²) in [4.78, 5) is 4.77. The zero-order valence-corrected chi connectivity index (χ0v) is 15.8. The normalized spacial score (nSPS) is 16.0. The van der Waals surface area contributed by atoms with Gasteiger partial charge in [0.15, 0.2) is 0 Å². The fraction of sp³-hybridized carbons (Fsp3) is 0.350. The second-order valence-electron chi connectivity index (χ2n) is 6.19. The molecule has 2 aromatic carbocycles. The molecule has 26 heavy (non-hydrogen) atoms. The van der Waals surface area contributed by atoms with Crippen LogP contribution < -0.4 is 4.74 Å². The van der Waals surface area contributed by atoms with Crippen molar-refractivity contribution in [2.45, 2.75) is 31.1 Å². The highest BCUT2D eigenvalue weighted by Crippen LogP contribution is 2.23. The molecule has 1 aliphatic rings. The highest BCUT2D eigenvalue weighted by molar-refractivity contribution is 7.89. The van der Waals surface area contributed by atoms with Gasteiger partial charge in [-0.1, -0.05) is 18.6 Å². The number of benzene rings is 2. The largest absolute Gasteiger partial charge is 0.493 e. The highest BCUT2D eigenvalue weighted by atomic mass is 32.2. The Morgan fingerprint density at radius 3 is 2.42 bits per heavy atom. The first-order valence-electron chi connectivity index (χ1n) is 8.97. The summed E-state index contributed by atoms with van der Waals surface area (Å²) >= 11 is 0. The lowest BCUT2D eigenvalue weighted by Crippen LogP contribution is -2.35. The maximum Gasteiger partial charge on any atom is 0.243 e. The monoisotopic (exact) mass is 372 g/mol. The lowest BCUT2D eigenvalue weighted by Gasteiger charge is -2.25. The number of aliphatic imine (C=N–C) groups is 1. The van der Waals surface area contributed by atoms with Crippen molar-refractivity contribution in [1.82, 2.24) is 4.31 Å². The number of rotatable bonds is 6. The van der Waals surface area contributed by atoms with E-state index in [2.05, 4.69) is 4.99 Å². The van der Waals surface area contributed by atoms with E-state index in [1.807, 2.05) is 31.2 Å². The third kappa shape index (κ3) is 4.31. The quantitative estimate of drug-likeness (QED) is 0.720. The van der Waals surface area contributed by atoms with Gasteiger partial charge in [-0.3, -0.25) is 4.99 Å². The Morgan fingerprint density at radius 1 is 1.04 bits per heavy atom. The number of sulfonamides is 1. The van der Waals surface area contributed by atoms with E-state index in [0.717, 1.165) is 30.6 Å². The molecule has 1 aliphatic heterocycles. The molecule has 5 nitrogen and oxygen atoms in total. The minimum absolute atomic E-state index is 0.327. The Morgan fingerprint density at radius 2 is 1.73 bits per heavy atom. The molecule has 0 bridgehead atoms. The lowest BCUT2D eigenvalue weighted by molar-refractivity contribution is 0.340. The summed E-state index contributed by atoms with van der Waals surface area (Å²) in [7, 11) is -3.40. The number of ether oxygens (including phenoxy) is 1. The first-order chi connectivity index (χ1) is 12.6. The van der Waals surface area contributed by atoms with Crippen molar-refractivity contribution >= 4 is 21.9 Å². The van der Waals surface area contributed by atoms with Crippen LogP contribution in [0.4, 0.5) is 5.69 Å². The molecule has 138 valence electrons. The average Bonchev–Trinajstić information content (AvgIpc) is 2.68. The Hall–Kier alpha value is -2.18. The maximum absolute atomic E-state index is 12.7. The number of para-hydroxylation sites is 1. The van der Waals surface area contributed by atoms with E-state index in [0.29, 0.717) is 30.3 Å². The van der Waals surface area contributed by atoms with Crippen molar-refractivity contribution in [2.75, 3.05) is 19.7 Å². The van der Waals surface area contributed by atoms with Crippen molar-refractivity contribution < 1.29 is 13.2 Å². The van der Waals surface area contributed by atoms with Crippen molar-refractivity contribution in [2.24, 2.45) is 4.99 Å². The van der Waals surface area contributed by atoms with Crippen LogP contribution in [0.3, 0.4) is 0 Å². The molecule has 0 radical (unpaired) electrons. The molecular weight excluding hydrogens is 348 g/mol. The highest BCUT2D eigenvalue weighted by Gasteiger charge is 2.25. The molecule has 0 aromatic heterocycles. The van der Waals surface area contributed by atoms with Crippen LogP contribution >= 0.6 is 0 Å². The molecule has 1 fully saturated rings. The average molecular weight is 372 g/mol. The van der Waals surface area contributed by atoms with Crippen LogP contribution in [-0.2, 0) is 10.0 Å². The van der Waals surface area contributed by atoms with E-state index >= 15 is 0 Å². The Bertz CT molecular complexity index is 855. The predicted molar refractivity (Wildman–Crippen MR) is 104 cm³/mol. The maximum atomic E-state index is 12.7. The van der Waals surface area contributed by atoms with Gasteiger partial charge in [-0.15, -0.1) is 0 Å². The fourth-order valence-corrected chi connectivity index (χ4v) is 4.49. The Balaban J connectivity index is 1.76. The molecule has 3 rings (SSSR count). The molecular formula is C20H24N2O3S. The van der Waals surface area contributed by atoms with Gasteiger partial charge in [0, 0.05) is 24.9 Å². The van der Waals surface area contributed by atoms with Gasteiger partial charge in [0.25, 0.3) is 0 Å². The summed E-state index contributed by atoms with van der Waals surface area (Å²) in [5.41, 5.74) is 1.59. The summed E-state index contributed by atoms with van der Waals surface area (Å²) in [6.07, 6.45) is 4.70. The molecule has 0 aliphatic carbocycles. The van der Waals surface area contributed by atoms with Gasteiger partial charge in [-0.25, -0.2) is 8.42 Å². The van der Waals surface area contributed by atoms with E-state index in [1.165, 1.54) is 0 Å². The Kier molecular flexibility index (Phi) is 6.06. The van der Waals surface area contributed by atoms with Crippen LogP contribution in [0.1, 0.15) is 31.7 Å². The van der Waals surface area contributed by atoms with Crippen LogP contribution in [-0.4, -0.2) is 38.6 Å². The molecule has 1 heterocycles. The minimum Gasteiger partial charge on any atom is -0.493 e. The molecule has 0 spiro atoms. The summed E-state index contributed by atoms with van der Waals surface area (Å²) in [6, 6.07) is 14.4. The fourth-order valence-electron chi connectivity index (χ4n) is 2.98. The van der Waals surface area contributed by atoms with Gasteiger partial charge in [-0.2, -0.15) is 4.31 Å². The molecule has 0 atom stereocenters. The van der Waals surface area contributed by atoms with E-state index in [-0.39, 0.29) is 0 Å². The smallest absolute Gasteiger partial charge is 0.243 e. The standard InChI is InChI=1S/C20H24N2O3S/c1-2-25-20-9-5-4-8-17(20)16-21-18-10-12-19(13-11-18)26(23,24)22-14-6-3-7-15-22/h4-5,8-13,16H,2-3,6-7,14-15H2,1H3. The minimum atomic E-state index is -3.40. The van der Waals surface area contributed by atoms with Crippen molar-refractivity contribution in [1.29, 1.82) is 0 Å². The number of hydrogen-bond acceptors (Lipinski definition) is 4. The van der Waals surface area contributed by atoms with Crippen LogP contribution in [0.15, 0.2) is 58.4 Å². The first kappa shape index (κ1) is 18.6.